The van der Waals surface area contributed by atoms with Gasteiger partial charge in [0.25, 0.3) is 5.66 Å². The van der Waals surface area contributed by atoms with Gasteiger partial charge in [0.2, 0.25) is 5.91 Å². The zero-order valence-electron chi connectivity index (χ0n) is 21.5. The number of para-hydroxylation sites is 2. The number of hydrogen-bond donors (Lipinski definition) is 1. The number of carbonyl (C=O) groups is 2. The highest BCUT2D eigenvalue weighted by Crippen LogP contribution is 2.37. The highest BCUT2D eigenvalue weighted by Gasteiger charge is 2.59. The third-order valence-corrected chi connectivity index (χ3v) is 6.40. The minimum atomic E-state index is -1.60. The molecule has 0 spiro atoms. The molecule has 7 heteroatoms. The summed E-state index contributed by atoms with van der Waals surface area (Å²) in [6.07, 6.45) is 0. The van der Waals surface area contributed by atoms with Crippen LogP contribution in [-0.4, -0.2) is 41.3 Å². The van der Waals surface area contributed by atoms with E-state index < -0.39 is 5.66 Å². The van der Waals surface area contributed by atoms with Crippen LogP contribution < -0.4 is 15.3 Å². The number of anilines is 2. The van der Waals surface area contributed by atoms with Crippen LogP contribution in [0.5, 0.6) is 0 Å². The number of rotatable bonds is 8. The highest BCUT2D eigenvalue weighted by atomic mass is 16.2. The van der Waals surface area contributed by atoms with Crippen LogP contribution in [0.4, 0.5) is 11.4 Å². The third kappa shape index (κ3) is 4.38. The number of carbonyl (C=O) groups excluding carboxylic acids is 2. The van der Waals surface area contributed by atoms with Gasteiger partial charge >= 0.3 is 5.91 Å². The molecule has 4 rings (SSSR count). The first kappa shape index (κ1) is 25.1. The lowest BCUT2D eigenvalue weighted by Gasteiger charge is -2.47. The Morgan fingerprint density at radius 1 is 0.917 bits per heavy atom. The maximum absolute atomic E-state index is 14.6. The fourth-order valence-electron chi connectivity index (χ4n) is 4.66. The van der Waals surface area contributed by atoms with Gasteiger partial charge < -0.3 is 5.32 Å². The van der Waals surface area contributed by atoms with Crippen LogP contribution in [0.25, 0.3) is 0 Å². The van der Waals surface area contributed by atoms with Crippen molar-refractivity contribution >= 4 is 28.9 Å². The molecule has 3 aromatic rings. The summed E-state index contributed by atoms with van der Waals surface area (Å²) in [5, 5.41) is 13.3. The Kier molecular flexibility index (Phi) is 7.22. The summed E-state index contributed by atoms with van der Waals surface area (Å²) in [7, 11) is 0. The largest absolute Gasteiger partial charge is 0.319 e. The molecule has 0 aliphatic carbocycles. The van der Waals surface area contributed by atoms with Crippen LogP contribution in [-0.2, 0) is 9.59 Å². The molecule has 1 aliphatic rings. The molecule has 0 radical (unpaired) electrons. The fourth-order valence-corrected chi connectivity index (χ4v) is 4.66. The Labute approximate surface area is 213 Å². The van der Waals surface area contributed by atoms with Gasteiger partial charge in [-0.2, -0.15) is 10.1 Å². The van der Waals surface area contributed by atoms with Crippen LogP contribution in [0.1, 0.15) is 37.5 Å². The van der Waals surface area contributed by atoms with Gasteiger partial charge in [0.05, 0.1) is 11.4 Å². The number of nitrogens with one attached hydrogen (secondary N) is 1. The SMILES string of the molecule is CCN(CC)N(c1ccccc1C)C1(NC(C)=O)C(=O)N(c2ccccc2)N=C1c1ccc(C)cc1. The van der Waals surface area contributed by atoms with Crippen molar-refractivity contribution in [3.63, 3.8) is 0 Å². The van der Waals surface area contributed by atoms with Crippen LogP contribution in [0.15, 0.2) is 84.0 Å². The van der Waals surface area contributed by atoms with E-state index in [0.29, 0.717) is 24.5 Å². The number of amides is 2. The Morgan fingerprint density at radius 3 is 2.11 bits per heavy atom. The number of aryl methyl sites for hydroxylation is 2. The minimum Gasteiger partial charge on any atom is -0.319 e. The molecule has 7 nitrogen and oxygen atoms in total. The van der Waals surface area contributed by atoms with Gasteiger partial charge in [-0.1, -0.05) is 80.1 Å². The van der Waals surface area contributed by atoms with Crippen molar-refractivity contribution in [2.75, 3.05) is 23.1 Å². The monoisotopic (exact) mass is 483 g/mol. The number of benzene rings is 3. The molecule has 36 heavy (non-hydrogen) atoms. The fraction of sp³-hybridized carbons (Fsp3) is 0.276. The quantitative estimate of drug-likeness (QED) is 0.374. The van der Waals surface area contributed by atoms with E-state index in [-0.39, 0.29) is 11.8 Å². The van der Waals surface area contributed by atoms with Gasteiger partial charge in [0, 0.05) is 25.6 Å². The maximum Gasteiger partial charge on any atom is 0.302 e. The molecule has 2 amide bonds. The van der Waals surface area contributed by atoms with Gasteiger partial charge in [-0.05, 0) is 37.6 Å². The first-order valence-corrected chi connectivity index (χ1v) is 12.3. The third-order valence-electron chi connectivity index (χ3n) is 6.40. The van der Waals surface area contributed by atoms with E-state index in [1.54, 1.807) is 0 Å². The van der Waals surface area contributed by atoms with E-state index in [4.69, 9.17) is 5.10 Å². The second kappa shape index (κ2) is 10.3. The normalized spacial score (nSPS) is 17.3. The molecule has 0 aromatic heterocycles. The summed E-state index contributed by atoms with van der Waals surface area (Å²) in [6.45, 7) is 10.8. The van der Waals surface area contributed by atoms with Crippen molar-refractivity contribution in [1.82, 2.24) is 10.3 Å². The molecule has 0 bridgehead atoms. The molecule has 0 fully saturated rings. The van der Waals surface area contributed by atoms with Crippen LogP contribution in [0, 0.1) is 13.8 Å². The Bertz CT molecular complexity index is 1270. The molecule has 0 saturated heterocycles. The standard InChI is InChI=1S/C29H33N5O2/c1-6-32(7-2)34(26-16-12-11-13-22(26)4)29(30-23(5)35)27(24-19-17-21(3)18-20-24)31-33(28(29)36)25-14-9-8-10-15-25/h8-20H,6-7H2,1-5H3,(H,30,35). The zero-order chi connectivity index (χ0) is 25.9. The summed E-state index contributed by atoms with van der Waals surface area (Å²) in [5.41, 5.74) is 3.13. The lowest BCUT2D eigenvalue weighted by Crippen LogP contribution is -2.74. The molecule has 3 aromatic carbocycles. The summed E-state index contributed by atoms with van der Waals surface area (Å²) in [4.78, 5) is 27.5. The number of hydrazine groups is 1. The first-order chi connectivity index (χ1) is 17.3. The van der Waals surface area contributed by atoms with Crippen LogP contribution >= 0.6 is 0 Å². The van der Waals surface area contributed by atoms with Crippen molar-refractivity contribution in [1.29, 1.82) is 0 Å². The summed E-state index contributed by atoms with van der Waals surface area (Å²) in [5.74, 6) is -0.682. The molecule has 186 valence electrons. The van der Waals surface area contributed by atoms with Crippen molar-refractivity contribution in [2.24, 2.45) is 5.10 Å². The van der Waals surface area contributed by atoms with Gasteiger partial charge in [-0.3, -0.25) is 14.6 Å². The lowest BCUT2D eigenvalue weighted by molar-refractivity contribution is -0.129. The van der Waals surface area contributed by atoms with Gasteiger partial charge in [0.15, 0.2) is 0 Å². The molecule has 1 N–H and O–H groups in total. The molecule has 1 atom stereocenters. The Balaban J connectivity index is 2.06. The van der Waals surface area contributed by atoms with E-state index in [2.05, 4.69) is 10.3 Å². The Morgan fingerprint density at radius 2 is 1.53 bits per heavy atom. The van der Waals surface area contributed by atoms with Gasteiger partial charge in [-0.15, -0.1) is 0 Å². The van der Waals surface area contributed by atoms with E-state index in [1.165, 1.54) is 11.9 Å². The molecule has 1 heterocycles. The van der Waals surface area contributed by atoms with E-state index in [9.17, 15) is 9.59 Å². The molecular formula is C29H33N5O2. The van der Waals surface area contributed by atoms with Crippen molar-refractivity contribution in [3.05, 3.63) is 95.6 Å². The van der Waals surface area contributed by atoms with E-state index in [1.807, 2.05) is 112 Å². The first-order valence-electron chi connectivity index (χ1n) is 12.3. The van der Waals surface area contributed by atoms with Crippen LogP contribution in [0.3, 0.4) is 0 Å². The van der Waals surface area contributed by atoms with Crippen LogP contribution in [0.2, 0.25) is 0 Å². The van der Waals surface area contributed by atoms with Gasteiger partial charge in [0.1, 0.15) is 5.71 Å². The highest BCUT2D eigenvalue weighted by molar-refractivity contribution is 6.31. The predicted molar refractivity (Wildman–Crippen MR) is 145 cm³/mol. The minimum absolute atomic E-state index is 0.330. The average Bonchev–Trinajstić information content (AvgIpc) is 3.16. The van der Waals surface area contributed by atoms with E-state index >= 15 is 0 Å². The number of nitrogens with zero attached hydrogens (tertiary/aromatic N) is 4. The van der Waals surface area contributed by atoms with Crippen molar-refractivity contribution < 1.29 is 9.59 Å². The average molecular weight is 484 g/mol. The number of hydrazone groups is 1. The van der Waals surface area contributed by atoms with E-state index in [0.717, 1.165) is 22.4 Å². The summed E-state index contributed by atoms with van der Waals surface area (Å²) < 4.78 is 0. The topological polar surface area (TPSA) is 68.2 Å². The molecular weight excluding hydrogens is 450 g/mol. The number of hydrogen-bond acceptors (Lipinski definition) is 5. The van der Waals surface area contributed by atoms with Gasteiger partial charge in [-0.25, -0.2) is 5.01 Å². The second-order valence-corrected chi connectivity index (χ2v) is 8.90. The lowest BCUT2D eigenvalue weighted by atomic mass is 9.93. The second-order valence-electron chi connectivity index (χ2n) is 8.90. The molecule has 1 unspecified atom stereocenters. The molecule has 1 aliphatic heterocycles. The Hall–Kier alpha value is -3.97. The van der Waals surface area contributed by atoms with Crippen molar-refractivity contribution in [2.45, 2.75) is 40.3 Å². The predicted octanol–water partition coefficient (Wildman–Crippen LogP) is 4.65. The maximum atomic E-state index is 14.6. The smallest absolute Gasteiger partial charge is 0.302 e. The zero-order valence-corrected chi connectivity index (χ0v) is 21.5. The summed E-state index contributed by atoms with van der Waals surface area (Å²) in [6, 6.07) is 25.1. The molecule has 0 saturated carbocycles. The summed E-state index contributed by atoms with van der Waals surface area (Å²) >= 11 is 0. The van der Waals surface area contributed by atoms with Crippen molar-refractivity contribution in [3.8, 4) is 0 Å².